The number of hydrogen-bond acceptors (Lipinski definition) is 3. The van der Waals surface area contributed by atoms with Gasteiger partial charge in [0.2, 0.25) is 0 Å². The summed E-state index contributed by atoms with van der Waals surface area (Å²) >= 11 is 0. The lowest BCUT2D eigenvalue weighted by atomic mass is 9.88. The van der Waals surface area contributed by atoms with Crippen LogP contribution in [0.2, 0.25) is 0 Å². The van der Waals surface area contributed by atoms with Gasteiger partial charge in [-0.1, -0.05) is 72.8 Å². The van der Waals surface area contributed by atoms with Crippen LogP contribution in [-0.4, -0.2) is 5.97 Å². The summed E-state index contributed by atoms with van der Waals surface area (Å²) in [7, 11) is 0. The largest absolute Gasteiger partial charge is 0.460 e. The number of ether oxygens (including phenoxy) is 2. The molecule has 0 atom stereocenters. The molecule has 1 heterocycles. The fraction of sp³-hybridized carbons (Fsp3) is 0.0800. The number of hydrogen-bond donors (Lipinski definition) is 0. The van der Waals surface area contributed by atoms with Crippen LogP contribution in [0.15, 0.2) is 91.0 Å². The quantitative estimate of drug-likeness (QED) is 0.429. The second-order valence-electron chi connectivity index (χ2n) is 6.90. The van der Waals surface area contributed by atoms with Crippen molar-refractivity contribution >= 4 is 16.7 Å². The van der Waals surface area contributed by atoms with E-state index in [4.69, 9.17) is 9.47 Å². The molecule has 0 unspecified atom stereocenters. The van der Waals surface area contributed by atoms with E-state index >= 15 is 0 Å². The molecular weight excluding hydrogens is 348 g/mol. The minimum absolute atomic E-state index is 0.241. The summed E-state index contributed by atoms with van der Waals surface area (Å²) in [6.07, 6.45) is 0. The van der Waals surface area contributed by atoms with Crippen molar-refractivity contribution in [2.75, 3.05) is 0 Å². The second-order valence-corrected chi connectivity index (χ2v) is 6.90. The van der Waals surface area contributed by atoms with Crippen molar-refractivity contribution in [2.24, 2.45) is 0 Å². The van der Waals surface area contributed by atoms with Gasteiger partial charge in [0.05, 0.1) is 0 Å². The van der Waals surface area contributed by atoms with Crippen LogP contribution in [0, 0.1) is 0 Å². The molecule has 3 nitrogen and oxygen atoms in total. The van der Waals surface area contributed by atoms with Crippen LogP contribution in [0.5, 0.6) is 11.5 Å². The zero-order chi connectivity index (χ0) is 18.9. The maximum Gasteiger partial charge on any atom is 0.318 e. The third-order valence-electron chi connectivity index (χ3n) is 5.11. The van der Waals surface area contributed by atoms with E-state index in [0.717, 1.165) is 22.1 Å². The Kier molecular flexibility index (Phi) is 4.06. The molecule has 0 bridgehead atoms. The maximum atomic E-state index is 13.1. The zero-order valence-electron chi connectivity index (χ0n) is 15.2. The molecule has 3 heteroatoms. The minimum atomic E-state index is -0.485. The number of benzene rings is 4. The molecule has 0 saturated carbocycles. The molecule has 4 aromatic rings. The first-order valence-electron chi connectivity index (χ1n) is 9.29. The lowest BCUT2D eigenvalue weighted by Crippen LogP contribution is -2.21. The predicted octanol–water partition coefficient (Wildman–Crippen LogP) is 5.82. The van der Waals surface area contributed by atoms with Gasteiger partial charge in [-0.2, -0.15) is 0 Å². The summed E-state index contributed by atoms with van der Waals surface area (Å²) < 4.78 is 11.7. The fourth-order valence-corrected chi connectivity index (χ4v) is 3.73. The van der Waals surface area contributed by atoms with Crippen molar-refractivity contribution in [3.63, 3.8) is 0 Å². The summed E-state index contributed by atoms with van der Waals surface area (Å²) in [5, 5.41) is 2.31. The maximum absolute atomic E-state index is 13.1. The van der Waals surface area contributed by atoms with E-state index in [-0.39, 0.29) is 12.6 Å². The summed E-state index contributed by atoms with van der Waals surface area (Å²) in [5.41, 5.74) is 2.65. The van der Waals surface area contributed by atoms with Gasteiger partial charge < -0.3 is 9.47 Å². The van der Waals surface area contributed by atoms with E-state index in [0.29, 0.717) is 11.5 Å². The Labute approximate surface area is 163 Å². The molecule has 28 heavy (non-hydrogen) atoms. The molecule has 1 aliphatic rings. The molecule has 0 radical (unpaired) electrons. The molecule has 1 aliphatic heterocycles. The molecule has 0 aromatic heterocycles. The van der Waals surface area contributed by atoms with E-state index in [1.54, 1.807) is 0 Å². The van der Waals surface area contributed by atoms with Crippen molar-refractivity contribution in [1.29, 1.82) is 0 Å². The Morgan fingerprint density at radius 1 is 0.750 bits per heavy atom. The second kappa shape index (κ2) is 6.86. The number of para-hydroxylation sites is 2. The Balaban J connectivity index is 1.43. The van der Waals surface area contributed by atoms with Crippen molar-refractivity contribution < 1.29 is 14.3 Å². The first kappa shape index (κ1) is 16.6. The summed E-state index contributed by atoms with van der Waals surface area (Å²) in [5.74, 6) is 0.653. The highest BCUT2D eigenvalue weighted by molar-refractivity contribution is 5.86. The SMILES string of the molecule is O=C(OCc1ccc2ccccc2c1)C1c2ccccc2Oc2ccccc21. The van der Waals surface area contributed by atoms with Crippen LogP contribution in [0.1, 0.15) is 22.6 Å². The monoisotopic (exact) mass is 366 g/mol. The van der Waals surface area contributed by atoms with Crippen LogP contribution < -0.4 is 4.74 Å². The van der Waals surface area contributed by atoms with Crippen LogP contribution >= 0.6 is 0 Å². The molecule has 0 spiro atoms. The van der Waals surface area contributed by atoms with Crippen molar-refractivity contribution in [3.05, 3.63) is 108 Å². The third-order valence-corrected chi connectivity index (χ3v) is 5.11. The van der Waals surface area contributed by atoms with Crippen LogP contribution in [0.3, 0.4) is 0 Å². The minimum Gasteiger partial charge on any atom is -0.460 e. The van der Waals surface area contributed by atoms with Crippen molar-refractivity contribution in [3.8, 4) is 11.5 Å². The highest BCUT2D eigenvalue weighted by atomic mass is 16.5. The van der Waals surface area contributed by atoms with Crippen molar-refractivity contribution in [1.82, 2.24) is 0 Å². The van der Waals surface area contributed by atoms with Gasteiger partial charge in [-0.15, -0.1) is 0 Å². The Bertz CT molecular complexity index is 1130. The molecule has 0 amide bonds. The number of esters is 1. The lowest BCUT2D eigenvalue weighted by Gasteiger charge is -2.26. The average molecular weight is 366 g/mol. The van der Waals surface area contributed by atoms with E-state index in [1.165, 1.54) is 5.39 Å². The van der Waals surface area contributed by atoms with Gasteiger partial charge in [-0.05, 0) is 34.5 Å². The Morgan fingerprint density at radius 2 is 1.36 bits per heavy atom. The van der Waals surface area contributed by atoms with Crippen LogP contribution in [0.25, 0.3) is 10.8 Å². The first-order chi connectivity index (χ1) is 13.8. The zero-order valence-corrected chi connectivity index (χ0v) is 15.2. The molecule has 5 rings (SSSR count). The molecular formula is C25H18O3. The van der Waals surface area contributed by atoms with E-state index in [9.17, 15) is 4.79 Å². The number of fused-ring (bicyclic) bond motifs is 3. The standard InChI is InChI=1S/C25H18O3/c26-25(27-16-17-13-14-18-7-1-2-8-19(18)15-17)24-20-9-3-5-11-22(20)28-23-12-6-4-10-21(23)24/h1-15,24H,16H2. The predicted molar refractivity (Wildman–Crippen MR) is 109 cm³/mol. The summed E-state index contributed by atoms with van der Waals surface area (Å²) in [6.45, 7) is 0.241. The fourth-order valence-electron chi connectivity index (χ4n) is 3.73. The number of rotatable bonds is 3. The van der Waals surface area contributed by atoms with E-state index in [1.807, 2.05) is 66.7 Å². The Hall–Kier alpha value is -3.59. The van der Waals surface area contributed by atoms with Gasteiger partial charge in [-0.25, -0.2) is 0 Å². The van der Waals surface area contributed by atoms with Crippen LogP contribution in [-0.2, 0) is 16.1 Å². The molecule has 4 aromatic carbocycles. The smallest absolute Gasteiger partial charge is 0.318 e. The van der Waals surface area contributed by atoms with E-state index in [2.05, 4.69) is 24.3 Å². The van der Waals surface area contributed by atoms with Gasteiger partial charge in [0.1, 0.15) is 24.0 Å². The molecule has 0 aliphatic carbocycles. The Morgan fingerprint density at radius 3 is 2.07 bits per heavy atom. The highest BCUT2D eigenvalue weighted by Crippen LogP contribution is 2.44. The van der Waals surface area contributed by atoms with Crippen molar-refractivity contribution in [2.45, 2.75) is 12.5 Å². The van der Waals surface area contributed by atoms with Gasteiger partial charge in [0.25, 0.3) is 0 Å². The molecule has 136 valence electrons. The molecule has 0 N–H and O–H groups in total. The normalized spacial score (nSPS) is 12.7. The average Bonchev–Trinajstić information content (AvgIpc) is 2.75. The third kappa shape index (κ3) is 2.91. The number of carbonyl (C=O) groups excluding carboxylic acids is 1. The molecule has 0 saturated heterocycles. The topological polar surface area (TPSA) is 35.5 Å². The van der Waals surface area contributed by atoms with Gasteiger partial charge >= 0.3 is 5.97 Å². The van der Waals surface area contributed by atoms with Gasteiger partial charge in [0, 0.05) is 11.1 Å². The summed E-state index contributed by atoms with van der Waals surface area (Å²) in [4.78, 5) is 13.1. The summed E-state index contributed by atoms with van der Waals surface area (Å²) in [6, 6.07) is 29.5. The highest BCUT2D eigenvalue weighted by Gasteiger charge is 2.33. The van der Waals surface area contributed by atoms with Crippen LogP contribution in [0.4, 0.5) is 0 Å². The van der Waals surface area contributed by atoms with Gasteiger partial charge in [-0.3, -0.25) is 4.79 Å². The number of carbonyl (C=O) groups is 1. The molecule has 0 fully saturated rings. The lowest BCUT2D eigenvalue weighted by molar-refractivity contribution is -0.145. The first-order valence-corrected chi connectivity index (χ1v) is 9.29. The van der Waals surface area contributed by atoms with Gasteiger partial charge in [0.15, 0.2) is 0 Å². The van der Waals surface area contributed by atoms with E-state index < -0.39 is 5.92 Å².